The van der Waals surface area contributed by atoms with Crippen molar-refractivity contribution in [3.05, 3.63) is 71.7 Å². The molecule has 22 heavy (non-hydrogen) atoms. The third-order valence-corrected chi connectivity index (χ3v) is 3.26. The van der Waals surface area contributed by atoms with Gasteiger partial charge in [0.05, 0.1) is 24.0 Å². The summed E-state index contributed by atoms with van der Waals surface area (Å²) in [5.74, 6) is -1.28. The number of nitrogens with zero attached hydrogens (tertiary/aromatic N) is 3. The van der Waals surface area contributed by atoms with Gasteiger partial charge in [0.25, 0.3) is 0 Å². The Hall–Kier alpha value is -3.02. The number of rotatable bonds is 4. The Balaban J connectivity index is 1.91. The molecule has 0 aliphatic carbocycles. The predicted molar refractivity (Wildman–Crippen MR) is 77.9 cm³/mol. The number of carboxylic acids is 1. The lowest BCUT2D eigenvalue weighted by atomic mass is 10.1. The molecule has 0 fully saturated rings. The second-order valence-electron chi connectivity index (χ2n) is 4.79. The molecule has 0 saturated heterocycles. The monoisotopic (exact) mass is 297 g/mol. The largest absolute Gasteiger partial charge is 0.478 e. The van der Waals surface area contributed by atoms with E-state index in [0.29, 0.717) is 6.54 Å². The standard InChI is InChI=1S/C16H12FN3O2/c17-14-6-4-12(5-7-14)15-9-18-19-20(15)10-11-2-1-3-13(8-11)16(21)22/h1-9H,10H2,(H,21,22). The van der Waals surface area contributed by atoms with Crippen molar-refractivity contribution in [2.45, 2.75) is 6.54 Å². The number of carboxylic acid groups (broad SMARTS) is 1. The van der Waals surface area contributed by atoms with Crippen molar-refractivity contribution in [3.63, 3.8) is 0 Å². The first-order valence-electron chi connectivity index (χ1n) is 6.60. The third-order valence-electron chi connectivity index (χ3n) is 3.26. The molecule has 5 nitrogen and oxygen atoms in total. The van der Waals surface area contributed by atoms with Crippen LogP contribution in [0, 0.1) is 5.82 Å². The van der Waals surface area contributed by atoms with Crippen LogP contribution in [0.5, 0.6) is 0 Å². The van der Waals surface area contributed by atoms with E-state index in [1.807, 2.05) is 6.07 Å². The second kappa shape index (κ2) is 5.77. The van der Waals surface area contributed by atoms with Crippen molar-refractivity contribution in [2.75, 3.05) is 0 Å². The molecule has 0 amide bonds. The highest BCUT2D eigenvalue weighted by Crippen LogP contribution is 2.19. The number of aromatic nitrogens is 3. The van der Waals surface area contributed by atoms with E-state index in [0.717, 1.165) is 16.8 Å². The molecule has 6 heteroatoms. The lowest BCUT2D eigenvalue weighted by Gasteiger charge is -2.07. The summed E-state index contributed by atoms with van der Waals surface area (Å²) < 4.78 is 14.6. The highest BCUT2D eigenvalue weighted by Gasteiger charge is 2.09. The fraction of sp³-hybridized carbons (Fsp3) is 0.0625. The van der Waals surface area contributed by atoms with E-state index in [4.69, 9.17) is 5.11 Å². The lowest BCUT2D eigenvalue weighted by Crippen LogP contribution is -2.05. The fourth-order valence-corrected chi connectivity index (χ4v) is 2.19. The van der Waals surface area contributed by atoms with Gasteiger partial charge >= 0.3 is 5.97 Å². The Morgan fingerprint density at radius 3 is 2.68 bits per heavy atom. The van der Waals surface area contributed by atoms with E-state index in [1.54, 1.807) is 35.1 Å². The Labute approximate surface area is 125 Å². The summed E-state index contributed by atoms with van der Waals surface area (Å²) in [6.07, 6.45) is 1.59. The van der Waals surface area contributed by atoms with E-state index in [1.165, 1.54) is 18.2 Å². The van der Waals surface area contributed by atoms with Crippen LogP contribution in [0.3, 0.4) is 0 Å². The van der Waals surface area contributed by atoms with Crippen molar-refractivity contribution in [1.29, 1.82) is 0 Å². The van der Waals surface area contributed by atoms with Gasteiger partial charge in [0.15, 0.2) is 0 Å². The van der Waals surface area contributed by atoms with Gasteiger partial charge in [0, 0.05) is 5.56 Å². The molecule has 1 heterocycles. The average molecular weight is 297 g/mol. The first kappa shape index (κ1) is 13.9. The topological polar surface area (TPSA) is 68.0 Å². The van der Waals surface area contributed by atoms with Gasteiger partial charge in [0.1, 0.15) is 5.82 Å². The van der Waals surface area contributed by atoms with E-state index in [9.17, 15) is 9.18 Å². The Morgan fingerprint density at radius 1 is 1.18 bits per heavy atom. The summed E-state index contributed by atoms with van der Waals surface area (Å²) >= 11 is 0. The van der Waals surface area contributed by atoms with Crippen LogP contribution >= 0.6 is 0 Å². The maximum absolute atomic E-state index is 13.0. The molecule has 0 aliphatic rings. The van der Waals surface area contributed by atoms with Crippen LogP contribution in [0.4, 0.5) is 4.39 Å². The van der Waals surface area contributed by atoms with Gasteiger partial charge in [-0.15, -0.1) is 5.10 Å². The van der Waals surface area contributed by atoms with Crippen molar-refractivity contribution in [2.24, 2.45) is 0 Å². The van der Waals surface area contributed by atoms with Crippen LogP contribution in [-0.4, -0.2) is 26.1 Å². The van der Waals surface area contributed by atoms with Gasteiger partial charge in [-0.25, -0.2) is 13.9 Å². The molecular weight excluding hydrogens is 285 g/mol. The first-order valence-corrected chi connectivity index (χ1v) is 6.60. The summed E-state index contributed by atoms with van der Waals surface area (Å²) in [7, 11) is 0. The first-order chi connectivity index (χ1) is 10.6. The summed E-state index contributed by atoms with van der Waals surface area (Å²) in [6.45, 7) is 0.383. The van der Waals surface area contributed by atoms with Gasteiger partial charge in [-0.1, -0.05) is 17.3 Å². The SMILES string of the molecule is O=C(O)c1cccc(Cn2nncc2-c2ccc(F)cc2)c1. The average Bonchev–Trinajstić information content (AvgIpc) is 2.96. The molecule has 1 N–H and O–H groups in total. The maximum Gasteiger partial charge on any atom is 0.335 e. The van der Waals surface area contributed by atoms with E-state index >= 15 is 0 Å². The van der Waals surface area contributed by atoms with Crippen LogP contribution < -0.4 is 0 Å². The highest BCUT2D eigenvalue weighted by molar-refractivity contribution is 5.87. The Morgan fingerprint density at radius 2 is 1.95 bits per heavy atom. The number of hydrogen-bond donors (Lipinski definition) is 1. The number of halogens is 1. The van der Waals surface area contributed by atoms with Crippen LogP contribution in [-0.2, 0) is 6.54 Å². The zero-order chi connectivity index (χ0) is 15.5. The minimum Gasteiger partial charge on any atom is -0.478 e. The predicted octanol–water partition coefficient (Wildman–Crippen LogP) is 2.83. The molecule has 0 spiro atoms. The summed E-state index contributed by atoms with van der Waals surface area (Å²) in [5.41, 5.74) is 2.55. The fourth-order valence-electron chi connectivity index (χ4n) is 2.19. The van der Waals surface area contributed by atoms with Gasteiger partial charge in [-0.2, -0.15) is 0 Å². The zero-order valence-corrected chi connectivity index (χ0v) is 11.5. The molecule has 3 rings (SSSR count). The van der Waals surface area contributed by atoms with Crippen molar-refractivity contribution >= 4 is 5.97 Å². The molecule has 110 valence electrons. The number of aromatic carboxylic acids is 1. The molecule has 0 radical (unpaired) electrons. The molecule has 1 aromatic heterocycles. The zero-order valence-electron chi connectivity index (χ0n) is 11.5. The molecule has 2 aromatic carbocycles. The minimum absolute atomic E-state index is 0.223. The number of benzene rings is 2. The van der Waals surface area contributed by atoms with Gasteiger partial charge in [0.2, 0.25) is 0 Å². The molecule has 0 saturated carbocycles. The van der Waals surface area contributed by atoms with E-state index in [2.05, 4.69) is 10.3 Å². The van der Waals surface area contributed by atoms with Gasteiger partial charge in [-0.3, -0.25) is 0 Å². The summed E-state index contributed by atoms with van der Waals surface area (Å²) in [5, 5.41) is 16.9. The smallest absolute Gasteiger partial charge is 0.335 e. The second-order valence-corrected chi connectivity index (χ2v) is 4.79. The molecule has 0 aliphatic heterocycles. The Bertz CT molecular complexity index is 812. The molecule has 0 atom stereocenters. The van der Waals surface area contributed by atoms with Crippen LogP contribution in [0.2, 0.25) is 0 Å². The molecular formula is C16H12FN3O2. The van der Waals surface area contributed by atoms with E-state index in [-0.39, 0.29) is 11.4 Å². The highest BCUT2D eigenvalue weighted by atomic mass is 19.1. The number of hydrogen-bond acceptors (Lipinski definition) is 3. The van der Waals surface area contributed by atoms with Crippen molar-refractivity contribution in [3.8, 4) is 11.3 Å². The normalized spacial score (nSPS) is 10.6. The summed E-state index contributed by atoms with van der Waals surface area (Å²) in [6, 6.07) is 12.7. The van der Waals surface area contributed by atoms with Crippen molar-refractivity contribution < 1.29 is 14.3 Å². The number of carbonyl (C=O) groups is 1. The quantitative estimate of drug-likeness (QED) is 0.804. The molecule has 0 unspecified atom stereocenters. The van der Waals surface area contributed by atoms with Crippen molar-refractivity contribution in [1.82, 2.24) is 15.0 Å². The van der Waals surface area contributed by atoms with E-state index < -0.39 is 5.97 Å². The van der Waals surface area contributed by atoms with Crippen LogP contribution in [0.25, 0.3) is 11.3 Å². The third kappa shape index (κ3) is 2.85. The van der Waals surface area contributed by atoms with Crippen LogP contribution in [0.15, 0.2) is 54.7 Å². The molecule has 0 bridgehead atoms. The van der Waals surface area contributed by atoms with Crippen LogP contribution in [0.1, 0.15) is 15.9 Å². The van der Waals surface area contributed by atoms with Gasteiger partial charge < -0.3 is 5.11 Å². The Kier molecular flexibility index (Phi) is 3.65. The summed E-state index contributed by atoms with van der Waals surface area (Å²) in [4.78, 5) is 11.0. The lowest BCUT2D eigenvalue weighted by molar-refractivity contribution is 0.0696. The minimum atomic E-state index is -0.973. The maximum atomic E-state index is 13.0. The molecule has 3 aromatic rings. The van der Waals surface area contributed by atoms with Gasteiger partial charge in [-0.05, 0) is 42.0 Å².